The molecule has 3 amide bonds. The quantitative estimate of drug-likeness (QED) is 0.440. The van der Waals surface area contributed by atoms with Crippen LogP contribution in [0.2, 0.25) is 0 Å². The van der Waals surface area contributed by atoms with Crippen LogP contribution in [-0.4, -0.2) is 43.0 Å². The lowest BCUT2D eigenvalue weighted by molar-refractivity contribution is -0.143. The molecular weight excluding hydrogens is 502 g/mol. The van der Waals surface area contributed by atoms with Gasteiger partial charge < -0.3 is 20.4 Å². The van der Waals surface area contributed by atoms with Crippen LogP contribution < -0.4 is 15.5 Å². The molecule has 0 unspecified atom stereocenters. The number of likely N-dealkylation sites (tertiary alicyclic amines) is 1. The minimum absolute atomic E-state index is 0.0152. The third-order valence-corrected chi connectivity index (χ3v) is 6.42. The number of hydrogen-bond donors (Lipinski definition) is 2. The molecular formula is C25H26F6N4O2. The molecule has 2 aromatic rings. The van der Waals surface area contributed by atoms with Crippen molar-refractivity contribution in [2.45, 2.75) is 44.5 Å². The predicted octanol–water partition coefficient (Wildman–Crippen LogP) is 6.59. The summed E-state index contributed by atoms with van der Waals surface area (Å²) in [6.45, 7) is 2.80. The fraction of sp³-hybridized carbons (Fsp3) is 0.440. The molecule has 2 saturated heterocycles. The Hall–Kier alpha value is -3.44. The first-order valence-corrected chi connectivity index (χ1v) is 12.0. The SMILES string of the molecule is O=C(Nc1cc(C(F)(F)F)cc(C(F)(F)F)c1)Nc1ccc(N2CCCC2)c(C(=O)N2CCCCC2)c1. The molecule has 37 heavy (non-hydrogen) atoms. The highest BCUT2D eigenvalue weighted by molar-refractivity contribution is 6.04. The first kappa shape index (κ1) is 26.6. The zero-order valence-corrected chi connectivity index (χ0v) is 19.8. The molecule has 0 spiro atoms. The third-order valence-electron chi connectivity index (χ3n) is 6.42. The summed E-state index contributed by atoms with van der Waals surface area (Å²) in [4.78, 5) is 29.7. The lowest BCUT2D eigenvalue weighted by Crippen LogP contribution is -2.36. The first-order valence-electron chi connectivity index (χ1n) is 12.0. The Kier molecular flexibility index (Phi) is 7.56. The van der Waals surface area contributed by atoms with Gasteiger partial charge in [-0.25, -0.2) is 4.79 Å². The minimum atomic E-state index is -5.04. The van der Waals surface area contributed by atoms with Crippen molar-refractivity contribution in [3.63, 3.8) is 0 Å². The number of amides is 3. The van der Waals surface area contributed by atoms with E-state index >= 15 is 0 Å². The second kappa shape index (κ2) is 10.5. The lowest BCUT2D eigenvalue weighted by atomic mass is 10.1. The summed E-state index contributed by atoms with van der Waals surface area (Å²) in [5, 5.41) is 4.46. The van der Waals surface area contributed by atoms with Crippen LogP contribution in [0.1, 0.15) is 53.6 Å². The maximum Gasteiger partial charge on any atom is 0.416 e. The maximum absolute atomic E-state index is 13.3. The van der Waals surface area contributed by atoms with Crippen molar-refractivity contribution < 1.29 is 35.9 Å². The Morgan fingerprint density at radius 1 is 0.676 bits per heavy atom. The Bertz CT molecular complexity index is 1120. The van der Waals surface area contributed by atoms with Gasteiger partial charge in [-0.2, -0.15) is 26.3 Å². The van der Waals surface area contributed by atoms with E-state index in [0.717, 1.165) is 50.9 Å². The van der Waals surface area contributed by atoms with E-state index in [-0.39, 0.29) is 17.7 Å². The summed E-state index contributed by atoms with van der Waals surface area (Å²) in [5.41, 5.74) is -2.45. The number of urea groups is 1. The molecule has 0 saturated carbocycles. The predicted molar refractivity (Wildman–Crippen MR) is 127 cm³/mol. The molecule has 2 fully saturated rings. The van der Waals surface area contributed by atoms with Crippen molar-refractivity contribution >= 4 is 29.0 Å². The van der Waals surface area contributed by atoms with E-state index in [2.05, 4.69) is 10.2 Å². The Morgan fingerprint density at radius 3 is 1.78 bits per heavy atom. The largest absolute Gasteiger partial charge is 0.416 e. The number of rotatable bonds is 4. The standard InChI is InChI=1S/C25H26F6N4O2/c26-24(27,28)16-12-17(25(29,30)31)14-19(13-16)33-23(37)32-18-6-7-21(34-8-4-5-9-34)20(15-18)22(36)35-10-2-1-3-11-35/h6-7,12-15H,1-5,8-11H2,(H2,32,33,37). The second-order valence-corrected chi connectivity index (χ2v) is 9.15. The average Bonchev–Trinajstić information content (AvgIpc) is 3.37. The molecule has 0 aliphatic carbocycles. The highest BCUT2D eigenvalue weighted by Crippen LogP contribution is 2.37. The van der Waals surface area contributed by atoms with E-state index in [4.69, 9.17) is 0 Å². The van der Waals surface area contributed by atoms with Gasteiger partial charge in [0.2, 0.25) is 0 Å². The topological polar surface area (TPSA) is 64.7 Å². The normalized spacial score (nSPS) is 16.6. The van der Waals surface area contributed by atoms with Gasteiger partial charge in [0.25, 0.3) is 5.91 Å². The smallest absolute Gasteiger partial charge is 0.371 e. The van der Waals surface area contributed by atoms with E-state index in [1.54, 1.807) is 17.0 Å². The highest BCUT2D eigenvalue weighted by Gasteiger charge is 2.37. The molecule has 0 atom stereocenters. The number of carbonyl (C=O) groups is 2. The molecule has 12 heteroatoms. The van der Waals surface area contributed by atoms with Crippen molar-refractivity contribution in [3.05, 3.63) is 53.1 Å². The summed E-state index contributed by atoms with van der Waals surface area (Å²) in [5.74, 6) is -0.182. The van der Waals surface area contributed by atoms with Gasteiger partial charge in [0.15, 0.2) is 0 Å². The fourth-order valence-corrected chi connectivity index (χ4v) is 4.61. The summed E-state index contributed by atoms with van der Waals surface area (Å²) in [6, 6.07) is 4.54. The summed E-state index contributed by atoms with van der Waals surface area (Å²) in [6.07, 6.45) is -5.29. The van der Waals surface area contributed by atoms with Crippen molar-refractivity contribution in [2.24, 2.45) is 0 Å². The fourth-order valence-electron chi connectivity index (χ4n) is 4.61. The Morgan fingerprint density at radius 2 is 1.22 bits per heavy atom. The number of piperidine rings is 1. The zero-order chi connectivity index (χ0) is 26.8. The molecule has 2 heterocycles. The van der Waals surface area contributed by atoms with Crippen molar-refractivity contribution in [3.8, 4) is 0 Å². The molecule has 2 aliphatic heterocycles. The van der Waals surface area contributed by atoms with E-state index in [9.17, 15) is 35.9 Å². The van der Waals surface area contributed by atoms with E-state index < -0.39 is 35.2 Å². The van der Waals surface area contributed by atoms with E-state index in [1.807, 2.05) is 5.32 Å². The van der Waals surface area contributed by atoms with Gasteiger partial charge in [0, 0.05) is 43.2 Å². The first-order chi connectivity index (χ1) is 17.4. The Labute approximate surface area is 209 Å². The summed E-state index contributed by atoms with van der Waals surface area (Å²) >= 11 is 0. The highest BCUT2D eigenvalue weighted by atomic mass is 19.4. The third kappa shape index (κ3) is 6.47. The minimum Gasteiger partial charge on any atom is -0.371 e. The number of carbonyl (C=O) groups excluding carboxylic acids is 2. The molecule has 2 N–H and O–H groups in total. The number of nitrogens with one attached hydrogen (secondary N) is 2. The lowest BCUT2D eigenvalue weighted by Gasteiger charge is -2.29. The van der Waals surface area contributed by atoms with Gasteiger partial charge in [-0.1, -0.05) is 0 Å². The van der Waals surface area contributed by atoms with Crippen LogP contribution in [-0.2, 0) is 12.4 Å². The van der Waals surface area contributed by atoms with Gasteiger partial charge >= 0.3 is 18.4 Å². The number of benzene rings is 2. The van der Waals surface area contributed by atoms with Crippen molar-refractivity contribution in [2.75, 3.05) is 41.7 Å². The van der Waals surface area contributed by atoms with Crippen LogP contribution in [0.5, 0.6) is 0 Å². The van der Waals surface area contributed by atoms with E-state index in [0.29, 0.717) is 30.8 Å². The average molecular weight is 528 g/mol. The number of anilines is 3. The van der Waals surface area contributed by atoms with Gasteiger partial charge in [0.05, 0.1) is 16.7 Å². The van der Waals surface area contributed by atoms with Gasteiger partial charge in [-0.05, 0) is 68.5 Å². The van der Waals surface area contributed by atoms with Crippen molar-refractivity contribution in [1.82, 2.24) is 4.90 Å². The molecule has 2 aromatic carbocycles. The number of halogens is 6. The maximum atomic E-state index is 13.3. The molecule has 0 aromatic heterocycles. The van der Waals surface area contributed by atoms with E-state index in [1.165, 1.54) is 6.07 Å². The van der Waals surface area contributed by atoms with Crippen LogP contribution in [0.3, 0.4) is 0 Å². The van der Waals surface area contributed by atoms with Crippen LogP contribution in [0.25, 0.3) is 0 Å². The number of alkyl halides is 6. The molecule has 6 nitrogen and oxygen atoms in total. The van der Waals surface area contributed by atoms with Crippen LogP contribution >= 0.6 is 0 Å². The summed E-state index contributed by atoms with van der Waals surface area (Å²) < 4.78 is 78.7. The Balaban J connectivity index is 1.57. The van der Waals surface area contributed by atoms with Crippen LogP contribution in [0.4, 0.5) is 48.2 Å². The van der Waals surface area contributed by atoms with Crippen LogP contribution in [0, 0.1) is 0 Å². The number of nitrogens with zero attached hydrogens (tertiary/aromatic N) is 2. The zero-order valence-electron chi connectivity index (χ0n) is 19.8. The molecule has 2 aliphatic rings. The molecule has 0 bridgehead atoms. The van der Waals surface area contributed by atoms with Gasteiger partial charge in [-0.3, -0.25) is 4.79 Å². The number of hydrogen-bond acceptors (Lipinski definition) is 3. The van der Waals surface area contributed by atoms with Crippen LogP contribution in [0.15, 0.2) is 36.4 Å². The molecule has 200 valence electrons. The van der Waals surface area contributed by atoms with Gasteiger partial charge in [0.1, 0.15) is 0 Å². The van der Waals surface area contributed by atoms with Gasteiger partial charge in [-0.15, -0.1) is 0 Å². The summed E-state index contributed by atoms with van der Waals surface area (Å²) in [7, 11) is 0. The van der Waals surface area contributed by atoms with Crippen molar-refractivity contribution in [1.29, 1.82) is 0 Å². The second-order valence-electron chi connectivity index (χ2n) is 9.15. The molecule has 4 rings (SSSR count). The molecule has 0 radical (unpaired) electrons. The monoisotopic (exact) mass is 528 g/mol.